The third-order valence-electron chi connectivity index (χ3n) is 3.23. The lowest BCUT2D eigenvalue weighted by Gasteiger charge is -2.25. The first-order valence-electron chi connectivity index (χ1n) is 6.55. The normalized spacial score (nSPS) is 17.4. The molecule has 0 aromatic carbocycles. The highest BCUT2D eigenvalue weighted by molar-refractivity contribution is 7.92. The predicted octanol–water partition coefficient (Wildman–Crippen LogP) is 1.66. The summed E-state index contributed by atoms with van der Waals surface area (Å²) in [6.07, 6.45) is 2.05. The molecule has 1 saturated heterocycles. The van der Waals surface area contributed by atoms with Crippen LogP contribution in [0.5, 0.6) is 5.88 Å². The minimum absolute atomic E-state index is 0.0473. The summed E-state index contributed by atoms with van der Waals surface area (Å²) in [5, 5.41) is 4.83. The van der Waals surface area contributed by atoms with E-state index in [1.165, 1.54) is 0 Å². The molecule has 1 aliphatic rings. The number of hydrogen-bond donors (Lipinski definition) is 0. The number of aryl methyl sites for hydroxylation is 1. The molecule has 0 aliphatic carbocycles. The van der Waals surface area contributed by atoms with Gasteiger partial charge in [0, 0.05) is 18.0 Å². The smallest absolute Gasteiger partial charge is 0.233 e. The summed E-state index contributed by atoms with van der Waals surface area (Å²) in [6.45, 7) is 1.99. The number of hydrogen-bond acceptors (Lipinski definition) is 5. The van der Waals surface area contributed by atoms with Crippen molar-refractivity contribution in [3.05, 3.63) is 35.1 Å². The van der Waals surface area contributed by atoms with Gasteiger partial charge in [0.25, 0.3) is 0 Å². The van der Waals surface area contributed by atoms with E-state index in [0.717, 1.165) is 12.1 Å². The number of aromatic nitrogens is 3. The van der Waals surface area contributed by atoms with Crippen molar-refractivity contribution in [3.8, 4) is 11.7 Å². The molecule has 0 unspecified atom stereocenters. The lowest BCUT2D eigenvalue weighted by molar-refractivity contribution is 0.220. The number of halogens is 1. The number of nitrogens with zero attached hydrogens (tertiary/aromatic N) is 3. The maximum absolute atomic E-state index is 11.1. The first-order valence-corrected chi connectivity index (χ1v) is 8.75. The zero-order valence-corrected chi connectivity index (χ0v) is 12.9. The molecule has 3 heterocycles. The molecule has 21 heavy (non-hydrogen) atoms. The summed E-state index contributed by atoms with van der Waals surface area (Å²) >= 11 is 6.14. The molecule has 3 rings (SSSR count). The monoisotopic (exact) mass is 327 g/mol. The van der Waals surface area contributed by atoms with Crippen molar-refractivity contribution in [2.24, 2.45) is 0 Å². The highest BCUT2D eigenvalue weighted by Gasteiger charge is 2.35. The molecular weight excluding hydrogens is 314 g/mol. The standard InChI is InChI=1S/C13H14ClN3O3S/c1-2-9-6-12(20-10-7-21(18,19)8-10)16-17(9)13-11(14)4-3-5-15-13/h3-6,10H,2,7-8H2,1H3. The highest BCUT2D eigenvalue weighted by Crippen LogP contribution is 2.24. The van der Waals surface area contributed by atoms with Crippen LogP contribution in [0.4, 0.5) is 0 Å². The molecule has 0 radical (unpaired) electrons. The van der Waals surface area contributed by atoms with Gasteiger partial charge < -0.3 is 4.74 Å². The predicted molar refractivity (Wildman–Crippen MR) is 78.8 cm³/mol. The molecule has 2 aromatic rings. The first kappa shape index (κ1) is 14.3. The van der Waals surface area contributed by atoms with Crippen molar-refractivity contribution in [1.29, 1.82) is 0 Å². The van der Waals surface area contributed by atoms with Crippen molar-refractivity contribution in [2.45, 2.75) is 19.4 Å². The van der Waals surface area contributed by atoms with Gasteiger partial charge >= 0.3 is 0 Å². The third kappa shape index (κ3) is 2.89. The maximum atomic E-state index is 11.1. The van der Waals surface area contributed by atoms with Crippen LogP contribution in [-0.4, -0.2) is 40.8 Å². The molecular formula is C13H14ClN3O3S. The van der Waals surface area contributed by atoms with Gasteiger partial charge in [-0.1, -0.05) is 18.5 Å². The summed E-state index contributed by atoms with van der Waals surface area (Å²) in [5.74, 6) is 1.03. The van der Waals surface area contributed by atoms with Gasteiger partial charge in [-0.3, -0.25) is 0 Å². The average Bonchev–Trinajstić information content (AvgIpc) is 2.80. The highest BCUT2D eigenvalue weighted by atomic mass is 35.5. The summed E-state index contributed by atoms with van der Waals surface area (Å²) in [5.41, 5.74) is 0.896. The molecule has 0 spiro atoms. The fraction of sp³-hybridized carbons (Fsp3) is 0.385. The number of rotatable bonds is 4. The summed E-state index contributed by atoms with van der Waals surface area (Å²) < 4.78 is 29.5. The Balaban J connectivity index is 1.87. The van der Waals surface area contributed by atoms with Crippen LogP contribution in [0.25, 0.3) is 5.82 Å². The molecule has 2 aromatic heterocycles. The van der Waals surface area contributed by atoms with Crippen molar-refractivity contribution >= 4 is 21.4 Å². The minimum Gasteiger partial charge on any atom is -0.471 e. The Morgan fingerprint density at radius 2 is 2.24 bits per heavy atom. The molecule has 1 aliphatic heterocycles. The maximum Gasteiger partial charge on any atom is 0.233 e. The molecule has 8 heteroatoms. The van der Waals surface area contributed by atoms with E-state index >= 15 is 0 Å². The Morgan fingerprint density at radius 3 is 2.86 bits per heavy atom. The van der Waals surface area contributed by atoms with E-state index in [1.54, 1.807) is 29.1 Å². The second kappa shape index (κ2) is 5.31. The molecule has 6 nitrogen and oxygen atoms in total. The van der Waals surface area contributed by atoms with Crippen molar-refractivity contribution < 1.29 is 13.2 Å². The lowest BCUT2D eigenvalue weighted by Crippen LogP contribution is -2.45. The Hall–Kier alpha value is -1.60. The van der Waals surface area contributed by atoms with Gasteiger partial charge in [-0.25, -0.2) is 18.1 Å². The van der Waals surface area contributed by atoms with Crippen LogP contribution in [0.1, 0.15) is 12.6 Å². The Kier molecular flexibility index (Phi) is 3.62. The van der Waals surface area contributed by atoms with Gasteiger partial charge in [0.05, 0.1) is 16.5 Å². The quantitative estimate of drug-likeness (QED) is 0.853. The Bertz CT molecular complexity index is 761. The van der Waals surface area contributed by atoms with Gasteiger partial charge in [-0.15, -0.1) is 5.10 Å². The Morgan fingerprint density at radius 1 is 1.48 bits per heavy atom. The topological polar surface area (TPSA) is 74.1 Å². The van der Waals surface area contributed by atoms with Crippen molar-refractivity contribution in [3.63, 3.8) is 0 Å². The molecule has 112 valence electrons. The molecule has 0 atom stereocenters. The fourth-order valence-electron chi connectivity index (χ4n) is 2.18. The summed E-state index contributed by atoms with van der Waals surface area (Å²) in [6, 6.07) is 5.28. The van der Waals surface area contributed by atoms with Crippen LogP contribution in [0.2, 0.25) is 5.02 Å². The largest absolute Gasteiger partial charge is 0.471 e. The second-order valence-corrected chi connectivity index (χ2v) is 7.43. The summed E-state index contributed by atoms with van der Waals surface area (Å²) in [4.78, 5) is 4.22. The zero-order chi connectivity index (χ0) is 15.0. The molecule has 0 bridgehead atoms. The molecule has 0 saturated carbocycles. The fourth-order valence-corrected chi connectivity index (χ4v) is 3.55. The van der Waals surface area contributed by atoms with Gasteiger partial charge in [0.15, 0.2) is 15.7 Å². The SMILES string of the molecule is CCc1cc(OC2CS(=O)(=O)C2)nn1-c1ncccc1Cl. The lowest BCUT2D eigenvalue weighted by atomic mass is 10.3. The number of pyridine rings is 1. The second-order valence-electron chi connectivity index (χ2n) is 4.86. The van der Waals surface area contributed by atoms with Crippen LogP contribution in [0.15, 0.2) is 24.4 Å². The molecule has 0 N–H and O–H groups in total. The Labute approximate surface area is 127 Å². The average molecular weight is 328 g/mol. The van der Waals surface area contributed by atoms with Gasteiger partial charge in [-0.05, 0) is 18.6 Å². The van der Waals surface area contributed by atoms with Crippen LogP contribution < -0.4 is 4.74 Å². The van der Waals surface area contributed by atoms with E-state index in [2.05, 4.69) is 10.1 Å². The van der Waals surface area contributed by atoms with Crippen LogP contribution in [0, 0.1) is 0 Å². The van der Waals surface area contributed by atoms with E-state index in [1.807, 2.05) is 6.92 Å². The van der Waals surface area contributed by atoms with Crippen molar-refractivity contribution in [2.75, 3.05) is 11.5 Å². The van der Waals surface area contributed by atoms with E-state index < -0.39 is 9.84 Å². The number of ether oxygens (including phenoxy) is 1. The van der Waals surface area contributed by atoms with E-state index in [-0.39, 0.29) is 17.6 Å². The molecule has 0 amide bonds. The van der Waals surface area contributed by atoms with E-state index in [0.29, 0.717) is 16.7 Å². The van der Waals surface area contributed by atoms with Gasteiger partial charge in [0.1, 0.15) is 6.10 Å². The van der Waals surface area contributed by atoms with Crippen LogP contribution in [0.3, 0.4) is 0 Å². The minimum atomic E-state index is -2.91. The van der Waals surface area contributed by atoms with Crippen LogP contribution in [-0.2, 0) is 16.3 Å². The van der Waals surface area contributed by atoms with Gasteiger partial charge in [0.2, 0.25) is 5.88 Å². The van der Waals surface area contributed by atoms with Crippen LogP contribution >= 0.6 is 11.6 Å². The van der Waals surface area contributed by atoms with E-state index in [4.69, 9.17) is 16.3 Å². The zero-order valence-electron chi connectivity index (χ0n) is 11.4. The molecule has 1 fully saturated rings. The summed E-state index contributed by atoms with van der Waals surface area (Å²) in [7, 11) is -2.91. The third-order valence-corrected chi connectivity index (χ3v) is 5.28. The number of sulfone groups is 1. The first-order chi connectivity index (χ1) is 9.98. The van der Waals surface area contributed by atoms with Gasteiger partial charge in [-0.2, -0.15) is 0 Å². The van der Waals surface area contributed by atoms with E-state index in [9.17, 15) is 8.42 Å². The van der Waals surface area contributed by atoms with Crippen molar-refractivity contribution in [1.82, 2.24) is 14.8 Å².